The summed E-state index contributed by atoms with van der Waals surface area (Å²) in [6.45, 7) is 1.44. The Morgan fingerprint density at radius 3 is 2.31 bits per heavy atom. The van der Waals surface area contributed by atoms with E-state index in [1.165, 1.54) is 0 Å². The average molecular weight is 223 g/mol. The number of rotatable bonds is 1. The van der Waals surface area contributed by atoms with E-state index < -0.39 is 17.3 Å². The molecule has 1 aromatic rings. The van der Waals surface area contributed by atoms with Gasteiger partial charge in [-0.15, -0.1) is 0 Å². The van der Waals surface area contributed by atoms with Crippen LogP contribution in [0.25, 0.3) is 0 Å². The van der Waals surface area contributed by atoms with Gasteiger partial charge in [-0.1, -0.05) is 30.3 Å². The minimum atomic E-state index is -2.50. The van der Waals surface area contributed by atoms with E-state index in [4.69, 9.17) is 0 Å². The average Bonchev–Trinajstić information content (AvgIpc) is 2.76. The van der Waals surface area contributed by atoms with Crippen molar-refractivity contribution in [2.45, 2.75) is 24.7 Å². The lowest BCUT2D eigenvalue weighted by Gasteiger charge is -2.22. The summed E-state index contributed by atoms with van der Waals surface area (Å²) in [5, 5.41) is 3.16. The van der Waals surface area contributed by atoms with E-state index in [2.05, 4.69) is 5.32 Å². The van der Waals surface area contributed by atoms with E-state index in [1.807, 2.05) is 30.3 Å². The van der Waals surface area contributed by atoms with Crippen molar-refractivity contribution in [1.29, 1.82) is 0 Å². The zero-order valence-corrected chi connectivity index (χ0v) is 9.05. The van der Waals surface area contributed by atoms with Crippen molar-refractivity contribution in [2.75, 3.05) is 13.1 Å². The van der Waals surface area contributed by atoms with Gasteiger partial charge in [0, 0.05) is 5.41 Å². The first-order chi connectivity index (χ1) is 7.68. The quantitative estimate of drug-likeness (QED) is 0.772. The molecule has 1 N–H and O–H groups in total. The molecule has 0 bridgehead atoms. The third kappa shape index (κ3) is 1.18. The molecule has 1 aromatic carbocycles. The van der Waals surface area contributed by atoms with Crippen LogP contribution in [0.1, 0.15) is 24.3 Å². The first kappa shape index (κ1) is 10.2. The second-order valence-corrected chi connectivity index (χ2v) is 4.87. The summed E-state index contributed by atoms with van der Waals surface area (Å²) in [5.41, 5.74) is 0.0500. The SMILES string of the molecule is FC1(F)C(c2ccccc2)C12CCNCC2. The summed E-state index contributed by atoms with van der Waals surface area (Å²) in [5.74, 6) is -3.06. The standard InChI is InChI=1S/C13H15F2N/c14-13(15)11(10-4-2-1-3-5-10)12(13)6-8-16-9-7-12/h1-5,11,16H,6-9H2. The van der Waals surface area contributed by atoms with E-state index in [9.17, 15) is 8.78 Å². The molecular formula is C13H15F2N. The van der Waals surface area contributed by atoms with Crippen LogP contribution in [0.15, 0.2) is 30.3 Å². The van der Waals surface area contributed by atoms with Gasteiger partial charge < -0.3 is 5.32 Å². The lowest BCUT2D eigenvalue weighted by molar-refractivity contribution is 0.0493. The van der Waals surface area contributed by atoms with Crippen LogP contribution in [0.5, 0.6) is 0 Å². The summed E-state index contributed by atoms with van der Waals surface area (Å²) in [6.07, 6.45) is 1.19. The summed E-state index contributed by atoms with van der Waals surface area (Å²) in [6, 6.07) is 9.22. The number of benzene rings is 1. The zero-order chi connectivity index (χ0) is 11.2. The molecule has 1 unspecified atom stereocenters. The molecule has 86 valence electrons. The van der Waals surface area contributed by atoms with E-state index in [0.29, 0.717) is 12.8 Å². The molecule has 1 atom stereocenters. The van der Waals surface area contributed by atoms with Crippen molar-refractivity contribution < 1.29 is 8.78 Å². The van der Waals surface area contributed by atoms with Crippen molar-refractivity contribution in [3.05, 3.63) is 35.9 Å². The maximum Gasteiger partial charge on any atom is 0.262 e. The molecule has 0 radical (unpaired) electrons. The molecule has 1 heterocycles. The Morgan fingerprint density at radius 1 is 1.06 bits per heavy atom. The Balaban J connectivity index is 1.93. The minimum absolute atomic E-state index is 0.553. The van der Waals surface area contributed by atoms with E-state index >= 15 is 0 Å². The van der Waals surface area contributed by atoms with Crippen molar-refractivity contribution in [3.8, 4) is 0 Å². The fourth-order valence-electron chi connectivity index (χ4n) is 3.18. The Hall–Kier alpha value is -0.960. The van der Waals surface area contributed by atoms with Crippen LogP contribution in [0.3, 0.4) is 0 Å². The monoisotopic (exact) mass is 223 g/mol. The largest absolute Gasteiger partial charge is 0.317 e. The van der Waals surface area contributed by atoms with E-state index in [0.717, 1.165) is 18.7 Å². The first-order valence-electron chi connectivity index (χ1n) is 5.82. The molecule has 1 aliphatic heterocycles. The predicted octanol–water partition coefficient (Wildman–Crippen LogP) is 2.79. The molecule has 1 spiro atoms. The molecule has 1 aliphatic carbocycles. The molecule has 2 aliphatic rings. The number of hydrogen-bond acceptors (Lipinski definition) is 1. The molecule has 0 aromatic heterocycles. The van der Waals surface area contributed by atoms with Gasteiger partial charge >= 0.3 is 0 Å². The maximum absolute atomic E-state index is 14.0. The lowest BCUT2D eigenvalue weighted by atomic mass is 9.89. The highest BCUT2D eigenvalue weighted by Gasteiger charge is 2.79. The van der Waals surface area contributed by atoms with Crippen LogP contribution >= 0.6 is 0 Å². The molecule has 2 fully saturated rings. The fraction of sp³-hybridized carbons (Fsp3) is 0.538. The van der Waals surface area contributed by atoms with Gasteiger partial charge in [-0.05, 0) is 31.5 Å². The Kier molecular flexibility index (Phi) is 2.08. The van der Waals surface area contributed by atoms with Crippen LogP contribution in [-0.4, -0.2) is 19.0 Å². The highest BCUT2D eigenvalue weighted by molar-refractivity contribution is 5.38. The second-order valence-electron chi connectivity index (χ2n) is 4.87. The highest BCUT2D eigenvalue weighted by Crippen LogP contribution is 2.74. The summed E-state index contributed by atoms with van der Waals surface area (Å²) >= 11 is 0. The van der Waals surface area contributed by atoms with Gasteiger partial charge in [0.1, 0.15) is 0 Å². The maximum atomic E-state index is 14.0. The van der Waals surface area contributed by atoms with E-state index in [1.54, 1.807) is 0 Å². The van der Waals surface area contributed by atoms with Crippen molar-refractivity contribution in [3.63, 3.8) is 0 Å². The molecule has 16 heavy (non-hydrogen) atoms. The van der Waals surface area contributed by atoms with Crippen molar-refractivity contribution >= 4 is 0 Å². The lowest BCUT2D eigenvalue weighted by Crippen LogP contribution is -2.32. The molecule has 3 rings (SSSR count). The fourth-order valence-corrected chi connectivity index (χ4v) is 3.18. The van der Waals surface area contributed by atoms with Crippen molar-refractivity contribution in [2.24, 2.45) is 5.41 Å². The van der Waals surface area contributed by atoms with Gasteiger partial charge in [0.2, 0.25) is 0 Å². The normalized spacial score (nSPS) is 30.2. The van der Waals surface area contributed by atoms with E-state index in [-0.39, 0.29) is 0 Å². The number of nitrogens with one attached hydrogen (secondary N) is 1. The van der Waals surface area contributed by atoms with Gasteiger partial charge in [0.15, 0.2) is 0 Å². The molecule has 1 saturated heterocycles. The van der Waals surface area contributed by atoms with Crippen molar-refractivity contribution in [1.82, 2.24) is 5.32 Å². The Bertz CT molecular complexity index is 382. The number of piperidine rings is 1. The molecule has 3 heteroatoms. The molecular weight excluding hydrogens is 208 g/mol. The topological polar surface area (TPSA) is 12.0 Å². The minimum Gasteiger partial charge on any atom is -0.317 e. The zero-order valence-electron chi connectivity index (χ0n) is 9.05. The highest BCUT2D eigenvalue weighted by atomic mass is 19.3. The van der Waals surface area contributed by atoms with Crippen LogP contribution in [0.2, 0.25) is 0 Å². The van der Waals surface area contributed by atoms with Crippen LogP contribution in [-0.2, 0) is 0 Å². The van der Waals surface area contributed by atoms with Gasteiger partial charge in [0.25, 0.3) is 5.92 Å². The van der Waals surface area contributed by atoms with Gasteiger partial charge in [-0.3, -0.25) is 0 Å². The predicted molar refractivity (Wildman–Crippen MR) is 58.7 cm³/mol. The third-order valence-electron chi connectivity index (χ3n) is 4.12. The molecule has 0 amide bonds. The second kappa shape index (κ2) is 3.27. The van der Waals surface area contributed by atoms with Crippen LogP contribution in [0, 0.1) is 5.41 Å². The third-order valence-corrected chi connectivity index (χ3v) is 4.12. The first-order valence-corrected chi connectivity index (χ1v) is 5.82. The smallest absolute Gasteiger partial charge is 0.262 e. The number of hydrogen-bond donors (Lipinski definition) is 1. The Morgan fingerprint density at radius 2 is 1.69 bits per heavy atom. The van der Waals surface area contributed by atoms with Gasteiger partial charge in [-0.2, -0.15) is 0 Å². The Labute approximate surface area is 93.9 Å². The molecule has 1 nitrogen and oxygen atoms in total. The summed E-state index contributed by atoms with van der Waals surface area (Å²) in [7, 11) is 0. The van der Waals surface area contributed by atoms with Crippen LogP contribution < -0.4 is 5.32 Å². The summed E-state index contributed by atoms with van der Waals surface area (Å²) in [4.78, 5) is 0. The number of alkyl halides is 2. The van der Waals surface area contributed by atoms with Crippen LogP contribution in [0.4, 0.5) is 8.78 Å². The molecule has 1 saturated carbocycles. The summed E-state index contributed by atoms with van der Waals surface area (Å²) < 4.78 is 28.0. The number of halogens is 2. The van der Waals surface area contributed by atoms with Gasteiger partial charge in [0.05, 0.1) is 5.92 Å². The van der Waals surface area contributed by atoms with Gasteiger partial charge in [-0.25, -0.2) is 8.78 Å².